The van der Waals surface area contributed by atoms with E-state index in [2.05, 4.69) is 51.8 Å². The van der Waals surface area contributed by atoms with Gasteiger partial charge < -0.3 is 9.47 Å². The van der Waals surface area contributed by atoms with E-state index in [0.29, 0.717) is 27.9 Å². The van der Waals surface area contributed by atoms with Crippen molar-refractivity contribution in [2.24, 2.45) is 10.9 Å². The number of hydrogen-bond acceptors (Lipinski definition) is 6. The fourth-order valence-electron chi connectivity index (χ4n) is 3.74. The number of amides is 1. The topological polar surface area (TPSA) is 74.9 Å². The summed E-state index contributed by atoms with van der Waals surface area (Å²) < 4.78 is 12.7. The summed E-state index contributed by atoms with van der Waals surface area (Å²) in [6.07, 6.45) is 1.86. The van der Waals surface area contributed by atoms with Gasteiger partial charge in [-0.3, -0.25) is 9.69 Å². The SMILES string of the molecule is COc1ccc(N=C2S/C(=C\c3cc(Br)c(OCc4ccccc4C#N)c(Br)c3)C(=O)N2CC(C)C)cc1. The first-order valence-electron chi connectivity index (χ1n) is 11.8. The van der Waals surface area contributed by atoms with Gasteiger partial charge in [0.2, 0.25) is 0 Å². The minimum absolute atomic E-state index is 0.0726. The molecule has 3 aromatic rings. The molecule has 4 rings (SSSR count). The number of amidine groups is 1. The number of rotatable bonds is 8. The maximum atomic E-state index is 13.4. The smallest absolute Gasteiger partial charge is 0.266 e. The van der Waals surface area contributed by atoms with Crippen LogP contribution in [0.2, 0.25) is 0 Å². The predicted molar refractivity (Wildman–Crippen MR) is 160 cm³/mol. The molecule has 0 saturated carbocycles. The second-order valence-corrected chi connectivity index (χ2v) is 11.6. The number of carbonyl (C=O) groups excluding carboxylic acids is 1. The third-order valence-corrected chi connectivity index (χ3v) is 7.75. The lowest BCUT2D eigenvalue weighted by Gasteiger charge is -2.17. The van der Waals surface area contributed by atoms with Crippen LogP contribution in [0.3, 0.4) is 0 Å². The molecule has 0 spiro atoms. The molecule has 0 unspecified atom stereocenters. The van der Waals surface area contributed by atoms with Gasteiger partial charge in [0.25, 0.3) is 5.91 Å². The monoisotopic (exact) mass is 653 g/mol. The van der Waals surface area contributed by atoms with Gasteiger partial charge in [0, 0.05) is 12.1 Å². The molecule has 0 radical (unpaired) electrons. The first-order valence-corrected chi connectivity index (χ1v) is 14.2. The summed E-state index contributed by atoms with van der Waals surface area (Å²) in [7, 11) is 1.62. The summed E-state index contributed by atoms with van der Waals surface area (Å²) in [5, 5.41) is 9.98. The minimum atomic E-state index is -0.0726. The second kappa shape index (κ2) is 12.7. The van der Waals surface area contributed by atoms with Gasteiger partial charge >= 0.3 is 0 Å². The number of ether oxygens (including phenoxy) is 2. The van der Waals surface area contributed by atoms with Crippen molar-refractivity contribution in [2.45, 2.75) is 20.5 Å². The Hall–Kier alpha value is -3.06. The zero-order chi connectivity index (χ0) is 27.2. The van der Waals surface area contributed by atoms with E-state index in [-0.39, 0.29) is 18.4 Å². The van der Waals surface area contributed by atoms with Crippen LogP contribution in [0.5, 0.6) is 11.5 Å². The fraction of sp³-hybridized carbons (Fsp3) is 0.207. The Morgan fingerprint density at radius 1 is 1.11 bits per heavy atom. The Morgan fingerprint density at radius 2 is 1.79 bits per heavy atom. The summed E-state index contributed by atoms with van der Waals surface area (Å²) in [5.41, 5.74) is 2.97. The van der Waals surface area contributed by atoms with Crippen LogP contribution in [0.25, 0.3) is 6.08 Å². The summed E-state index contributed by atoms with van der Waals surface area (Å²) in [6, 6.07) is 20.8. The van der Waals surface area contributed by atoms with Crippen LogP contribution in [0.4, 0.5) is 5.69 Å². The molecule has 1 saturated heterocycles. The van der Waals surface area contributed by atoms with Crippen LogP contribution in [0.15, 0.2) is 79.5 Å². The molecule has 9 heteroatoms. The average Bonchev–Trinajstić information content (AvgIpc) is 3.17. The molecular formula is C29H25Br2N3O3S. The van der Waals surface area contributed by atoms with Crippen molar-refractivity contribution >= 4 is 66.5 Å². The molecular weight excluding hydrogens is 630 g/mol. The first kappa shape index (κ1) is 28.0. The largest absolute Gasteiger partial charge is 0.497 e. The molecule has 0 bridgehead atoms. The van der Waals surface area contributed by atoms with Crippen LogP contribution in [-0.4, -0.2) is 29.6 Å². The normalized spacial score (nSPS) is 15.4. The summed E-state index contributed by atoms with van der Waals surface area (Å²) in [5.74, 6) is 1.58. The number of methoxy groups -OCH3 is 1. The number of benzene rings is 3. The van der Waals surface area contributed by atoms with Crippen LogP contribution in [0, 0.1) is 17.2 Å². The molecule has 1 heterocycles. The van der Waals surface area contributed by atoms with Gasteiger partial charge in [-0.05, 0) is 104 Å². The summed E-state index contributed by atoms with van der Waals surface area (Å²) >= 11 is 8.56. The molecule has 194 valence electrons. The molecule has 3 aromatic carbocycles. The lowest BCUT2D eigenvalue weighted by molar-refractivity contribution is -0.122. The molecule has 0 atom stereocenters. The lowest BCUT2D eigenvalue weighted by atomic mass is 10.1. The van der Waals surface area contributed by atoms with Gasteiger partial charge in [-0.1, -0.05) is 32.0 Å². The van der Waals surface area contributed by atoms with Gasteiger partial charge in [-0.15, -0.1) is 0 Å². The van der Waals surface area contributed by atoms with Crippen LogP contribution >= 0.6 is 43.6 Å². The van der Waals surface area contributed by atoms with E-state index in [1.165, 1.54) is 11.8 Å². The molecule has 0 N–H and O–H groups in total. The van der Waals surface area contributed by atoms with Crippen molar-refractivity contribution in [3.05, 3.63) is 91.2 Å². The number of hydrogen-bond donors (Lipinski definition) is 0. The third kappa shape index (κ3) is 6.68. The van der Waals surface area contributed by atoms with Crippen LogP contribution < -0.4 is 9.47 Å². The van der Waals surface area contributed by atoms with Gasteiger partial charge in [-0.2, -0.15) is 5.26 Å². The highest BCUT2D eigenvalue weighted by molar-refractivity contribution is 9.11. The Labute approximate surface area is 243 Å². The number of carbonyl (C=O) groups is 1. The van der Waals surface area contributed by atoms with Gasteiger partial charge in [0.05, 0.1) is 38.3 Å². The van der Waals surface area contributed by atoms with Gasteiger partial charge in [0.15, 0.2) is 5.17 Å². The number of halogens is 2. The Kier molecular flexibility index (Phi) is 9.31. The summed E-state index contributed by atoms with van der Waals surface area (Å²) in [4.78, 5) is 20.4. The number of aliphatic imine (C=N–C) groups is 1. The van der Waals surface area contributed by atoms with E-state index in [4.69, 9.17) is 14.5 Å². The zero-order valence-corrected chi connectivity index (χ0v) is 25.1. The van der Waals surface area contributed by atoms with E-state index in [1.807, 2.05) is 60.7 Å². The molecule has 1 aliphatic rings. The van der Waals surface area contributed by atoms with Crippen molar-refractivity contribution in [2.75, 3.05) is 13.7 Å². The molecule has 6 nitrogen and oxygen atoms in total. The molecule has 1 amide bonds. The van der Waals surface area contributed by atoms with Gasteiger partial charge in [-0.25, -0.2) is 4.99 Å². The number of nitrogens with zero attached hydrogens (tertiary/aromatic N) is 3. The lowest BCUT2D eigenvalue weighted by Crippen LogP contribution is -2.32. The highest BCUT2D eigenvalue weighted by Gasteiger charge is 2.33. The number of nitriles is 1. The highest BCUT2D eigenvalue weighted by atomic mass is 79.9. The maximum Gasteiger partial charge on any atom is 0.266 e. The van der Waals surface area contributed by atoms with E-state index in [9.17, 15) is 10.1 Å². The maximum absolute atomic E-state index is 13.4. The van der Waals surface area contributed by atoms with Crippen molar-refractivity contribution in [1.29, 1.82) is 5.26 Å². The van der Waals surface area contributed by atoms with Crippen LogP contribution in [0.1, 0.15) is 30.5 Å². The zero-order valence-electron chi connectivity index (χ0n) is 21.1. The molecule has 0 aliphatic carbocycles. The number of thioether (sulfide) groups is 1. The fourth-order valence-corrected chi connectivity index (χ4v) is 6.20. The van der Waals surface area contributed by atoms with Crippen LogP contribution in [-0.2, 0) is 11.4 Å². The molecule has 38 heavy (non-hydrogen) atoms. The molecule has 0 aromatic heterocycles. The Bertz CT molecular complexity index is 1420. The van der Waals surface area contributed by atoms with Crippen molar-refractivity contribution in [3.8, 4) is 17.6 Å². The van der Waals surface area contributed by atoms with E-state index < -0.39 is 0 Å². The predicted octanol–water partition coefficient (Wildman–Crippen LogP) is 7.93. The minimum Gasteiger partial charge on any atom is -0.497 e. The van der Waals surface area contributed by atoms with Crippen molar-refractivity contribution < 1.29 is 14.3 Å². The first-order chi connectivity index (χ1) is 18.3. The summed E-state index contributed by atoms with van der Waals surface area (Å²) in [6.45, 7) is 4.98. The van der Waals surface area contributed by atoms with E-state index >= 15 is 0 Å². The Morgan fingerprint density at radius 3 is 2.42 bits per heavy atom. The van der Waals surface area contributed by atoms with Crippen molar-refractivity contribution in [1.82, 2.24) is 4.90 Å². The average molecular weight is 655 g/mol. The van der Waals surface area contributed by atoms with Gasteiger partial charge in [0.1, 0.15) is 18.1 Å². The van der Waals surface area contributed by atoms with E-state index in [1.54, 1.807) is 18.1 Å². The quantitative estimate of drug-likeness (QED) is 0.231. The third-order valence-electron chi connectivity index (χ3n) is 5.56. The van der Waals surface area contributed by atoms with Crippen molar-refractivity contribution in [3.63, 3.8) is 0 Å². The van der Waals surface area contributed by atoms with E-state index in [0.717, 1.165) is 31.5 Å². The molecule has 1 fully saturated rings. The second-order valence-electron chi connectivity index (χ2n) is 8.88. The standard InChI is InChI=1S/C29H25Br2N3O3S/c1-18(2)16-34-28(35)26(38-29(34)33-22-8-10-23(36-3)11-9-22)14-19-12-24(30)27(25(31)13-19)37-17-21-7-5-4-6-20(21)15-32/h4-14,18H,16-17H2,1-3H3/b26-14-,33-29?. The highest BCUT2D eigenvalue weighted by Crippen LogP contribution is 2.39. The Balaban J connectivity index is 1.58. The molecule has 1 aliphatic heterocycles.